The average molecular weight is 266 g/mol. The van der Waals surface area contributed by atoms with Gasteiger partial charge in [-0.15, -0.1) is 0 Å². The molecule has 112 valence electrons. The van der Waals surface area contributed by atoms with Crippen molar-refractivity contribution in [1.82, 2.24) is 4.90 Å². The first-order valence-corrected chi connectivity index (χ1v) is 8.18. The van der Waals surface area contributed by atoms with Gasteiger partial charge in [0.2, 0.25) is 0 Å². The van der Waals surface area contributed by atoms with Gasteiger partial charge in [-0.05, 0) is 62.3 Å². The van der Waals surface area contributed by atoms with Crippen LogP contribution in [-0.4, -0.2) is 30.1 Å². The molecule has 1 aliphatic carbocycles. The van der Waals surface area contributed by atoms with Gasteiger partial charge in [0.05, 0.1) is 0 Å². The zero-order chi connectivity index (χ0) is 14.3. The summed E-state index contributed by atoms with van der Waals surface area (Å²) in [4.78, 5) is 2.80. The first kappa shape index (κ1) is 15.3. The second-order valence-corrected chi connectivity index (χ2v) is 8.79. The van der Waals surface area contributed by atoms with E-state index in [1.165, 1.54) is 38.6 Å². The molecule has 0 spiro atoms. The lowest BCUT2D eigenvalue weighted by atomic mass is 9.63. The Morgan fingerprint density at radius 1 is 1.05 bits per heavy atom. The molecule has 0 aromatic rings. The van der Waals surface area contributed by atoms with Gasteiger partial charge < -0.3 is 5.73 Å². The summed E-state index contributed by atoms with van der Waals surface area (Å²) in [5, 5.41) is 0. The van der Waals surface area contributed by atoms with E-state index >= 15 is 0 Å². The lowest BCUT2D eigenvalue weighted by Crippen LogP contribution is -2.53. The Labute approximate surface area is 120 Å². The molecule has 2 N–H and O–H groups in total. The molecule has 2 atom stereocenters. The van der Waals surface area contributed by atoms with E-state index in [1.54, 1.807) is 0 Å². The van der Waals surface area contributed by atoms with Gasteiger partial charge in [0, 0.05) is 18.6 Å². The van der Waals surface area contributed by atoms with Crippen LogP contribution in [-0.2, 0) is 0 Å². The summed E-state index contributed by atoms with van der Waals surface area (Å²) in [6.45, 7) is 14.3. The Morgan fingerprint density at radius 2 is 1.63 bits per heavy atom. The highest BCUT2D eigenvalue weighted by Gasteiger charge is 2.42. The van der Waals surface area contributed by atoms with E-state index in [1.807, 2.05) is 0 Å². The smallest absolute Gasteiger partial charge is 0.0108 e. The highest BCUT2D eigenvalue weighted by Crippen LogP contribution is 2.48. The van der Waals surface area contributed by atoms with Crippen LogP contribution in [0.4, 0.5) is 0 Å². The molecule has 1 heterocycles. The summed E-state index contributed by atoms with van der Waals surface area (Å²) in [7, 11) is 0. The van der Waals surface area contributed by atoms with E-state index in [0.29, 0.717) is 10.8 Å². The summed E-state index contributed by atoms with van der Waals surface area (Å²) < 4.78 is 0. The van der Waals surface area contributed by atoms with E-state index in [0.717, 1.165) is 24.5 Å². The van der Waals surface area contributed by atoms with Crippen LogP contribution in [0.15, 0.2) is 0 Å². The van der Waals surface area contributed by atoms with Crippen LogP contribution in [0, 0.1) is 16.7 Å². The molecule has 1 saturated carbocycles. The third-order valence-corrected chi connectivity index (χ3v) is 5.36. The van der Waals surface area contributed by atoms with Crippen LogP contribution in [0.25, 0.3) is 0 Å². The Bertz CT molecular complexity index is 292. The minimum Gasteiger partial charge on any atom is -0.330 e. The number of nitrogens with two attached hydrogens (primary N) is 1. The van der Waals surface area contributed by atoms with Gasteiger partial charge in [0.15, 0.2) is 0 Å². The molecule has 2 rings (SSSR count). The van der Waals surface area contributed by atoms with E-state index < -0.39 is 0 Å². The standard InChI is InChI=1S/C17H34N2/c1-13-6-7-14(10-18)11-19(13)15-8-16(2,3)12-17(4,5)9-15/h13-15H,6-12,18H2,1-5H3. The largest absolute Gasteiger partial charge is 0.330 e. The van der Waals surface area contributed by atoms with Gasteiger partial charge in [-0.2, -0.15) is 0 Å². The van der Waals surface area contributed by atoms with Crippen molar-refractivity contribution in [3.05, 3.63) is 0 Å². The van der Waals surface area contributed by atoms with Crippen LogP contribution in [0.3, 0.4) is 0 Å². The molecule has 2 aliphatic rings. The summed E-state index contributed by atoms with van der Waals surface area (Å²) in [6, 6.07) is 1.51. The second kappa shape index (κ2) is 5.37. The summed E-state index contributed by atoms with van der Waals surface area (Å²) in [5.74, 6) is 0.726. The molecule has 2 fully saturated rings. The zero-order valence-corrected chi connectivity index (χ0v) is 13.7. The maximum atomic E-state index is 5.92. The van der Waals surface area contributed by atoms with Gasteiger partial charge in [-0.1, -0.05) is 27.7 Å². The molecule has 2 nitrogen and oxygen atoms in total. The van der Waals surface area contributed by atoms with Crippen molar-refractivity contribution in [2.24, 2.45) is 22.5 Å². The van der Waals surface area contributed by atoms with Crippen molar-refractivity contribution < 1.29 is 0 Å². The molecule has 2 heteroatoms. The first-order valence-electron chi connectivity index (χ1n) is 8.18. The number of hydrogen-bond acceptors (Lipinski definition) is 2. The van der Waals surface area contributed by atoms with Crippen LogP contribution in [0.1, 0.15) is 66.7 Å². The SMILES string of the molecule is CC1CCC(CN)CN1C1CC(C)(C)CC(C)(C)C1. The van der Waals surface area contributed by atoms with Crippen molar-refractivity contribution in [2.45, 2.75) is 78.8 Å². The third kappa shape index (κ3) is 3.72. The van der Waals surface area contributed by atoms with Gasteiger partial charge in [0.25, 0.3) is 0 Å². The molecule has 0 bridgehead atoms. The van der Waals surface area contributed by atoms with E-state index in [9.17, 15) is 0 Å². The van der Waals surface area contributed by atoms with Crippen molar-refractivity contribution in [3.8, 4) is 0 Å². The number of rotatable bonds is 2. The Kier molecular flexibility index (Phi) is 4.32. The van der Waals surface area contributed by atoms with Crippen molar-refractivity contribution in [3.63, 3.8) is 0 Å². The molecule has 19 heavy (non-hydrogen) atoms. The first-order chi connectivity index (χ1) is 8.72. The van der Waals surface area contributed by atoms with Crippen molar-refractivity contribution in [2.75, 3.05) is 13.1 Å². The maximum Gasteiger partial charge on any atom is 0.0108 e. The van der Waals surface area contributed by atoms with Crippen molar-refractivity contribution in [1.29, 1.82) is 0 Å². The molecular weight excluding hydrogens is 232 g/mol. The highest BCUT2D eigenvalue weighted by molar-refractivity contribution is 4.96. The quantitative estimate of drug-likeness (QED) is 0.826. The second-order valence-electron chi connectivity index (χ2n) is 8.79. The van der Waals surface area contributed by atoms with Crippen LogP contribution in [0.2, 0.25) is 0 Å². The molecule has 1 saturated heterocycles. The molecule has 0 radical (unpaired) electrons. The third-order valence-electron chi connectivity index (χ3n) is 5.36. The predicted molar refractivity (Wildman–Crippen MR) is 83.1 cm³/mol. The Hall–Kier alpha value is -0.0800. The molecule has 1 aliphatic heterocycles. The molecule has 2 unspecified atom stereocenters. The summed E-state index contributed by atoms with van der Waals surface area (Å²) in [6.07, 6.45) is 6.74. The zero-order valence-electron chi connectivity index (χ0n) is 13.7. The minimum atomic E-state index is 0.488. The molecular formula is C17H34N2. The van der Waals surface area contributed by atoms with E-state index in [2.05, 4.69) is 39.5 Å². The average Bonchev–Trinajstić information content (AvgIpc) is 2.25. The fraction of sp³-hybridized carbons (Fsp3) is 1.00. The summed E-state index contributed by atoms with van der Waals surface area (Å²) >= 11 is 0. The predicted octanol–water partition coefficient (Wildman–Crippen LogP) is 3.65. The van der Waals surface area contributed by atoms with E-state index in [4.69, 9.17) is 5.73 Å². The Morgan fingerprint density at radius 3 is 2.16 bits per heavy atom. The lowest BCUT2D eigenvalue weighted by Gasteiger charge is -2.52. The maximum absolute atomic E-state index is 5.92. The molecule has 0 aromatic heterocycles. The van der Waals surface area contributed by atoms with Crippen LogP contribution in [0.5, 0.6) is 0 Å². The number of piperidine rings is 1. The van der Waals surface area contributed by atoms with Crippen LogP contribution < -0.4 is 5.73 Å². The summed E-state index contributed by atoms with van der Waals surface area (Å²) in [5.41, 5.74) is 6.90. The van der Waals surface area contributed by atoms with E-state index in [-0.39, 0.29) is 0 Å². The fourth-order valence-corrected chi connectivity index (χ4v) is 4.94. The normalized spacial score (nSPS) is 36.3. The number of hydrogen-bond donors (Lipinski definition) is 1. The highest BCUT2D eigenvalue weighted by atomic mass is 15.2. The van der Waals surface area contributed by atoms with Gasteiger partial charge in [0.1, 0.15) is 0 Å². The fourth-order valence-electron chi connectivity index (χ4n) is 4.94. The topological polar surface area (TPSA) is 29.3 Å². The molecule has 0 aromatic carbocycles. The Balaban J connectivity index is 2.10. The van der Waals surface area contributed by atoms with Gasteiger partial charge in [-0.3, -0.25) is 4.90 Å². The van der Waals surface area contributed by atoms with Gasteiger partial charge >= 0.3 is 0 Å². The minimum absolute atomic E-state index is 0.488. The molecule has 0 amide bonds. The van der Waals surface area contributed by atoms with Crippen LogP contribution >= 0.6 is 0 Å². The number of likely N-dealkylation sites (tertiary alicyclic amines) is 1. The number of nitrogens with zero attached hydrogens (tertiary/aromatic N) is 1. The van der Waals surface area contributed by atoms with Crippen molar-refractivity contribution >= 4 is 0 Å². The monoisotopic (exact) mass is 266 g/mol. The van der Waals surface area contributed by atoms with Gasteiger partial charge in [-0.25, -0.2) is 0 Å². The lowest BCUT2D eigenvalue weighted by molar-refractivity contribution is -0.0154.